The molecule has 2 aromatic carbocycles. The highest BCUT2D eigenvalue weighted by molar-refractivity contribution is 7.92. The number of anilines is 1. The Morgan fingerprint density at radius 3 is 2.23 bits per heavy atom. The van der Waals surface area contributed by atoms with E-state index in [1.54, 1.807) is 0 Å². The molecule has 0 radical (unpaired) electrons. The van der Waals surface area contributed by atoms with Crippen LogP contribution in [0.2, 0.25) is 0 Å². The lowest BCUT2D eigenvalue weighted by Gasteiger charge is -2.18. The molecule has 1 amide bonds. The van der Waals surface area contributed by atoms with Gasteiger partial charge in [0.05, 0.1) is 27.3 Å². The van der Waals surface area contributed by atoms with Crippen molar-refractivity contribution in [2.45, 2.75) is 17.2 Å². The van der Waals surface area contributed by atoms with E-state index in [4.69, 9.17) is 5.26 Å². The van der Waals surface area contributed by atoms with Gasteiger partial charge in [0.15, 0.2) is 9.84 Å². The van der Waals surface area contributed by atoms with Gasteiger partial charge in [-0.15, -0.1) is 0 Å². The highest BCUT2D eigenvalue weighted by Crippen LogP contribution is 2.42. The lowest BCUT2D eigenvalue weighted by atomic mass is 10.0. The summed E-state index contributed by atoms with van der Waals surface area (Å²) >= 11 is 0. The average molecular weight is 450 g/mol. The fraction of sp³-hybridized carbons (Fsp3) is 0.176. The van der Waals surface area contributed by atoms with E-state index in [1.165, 1.54) is 6.07 Å². The summed E-state index contributed by atoms with van der Waals surface area (Å²) in [5.74, 6) is -3.93. The minimum absolute atomic E-state index is 0.191. The molecule has 1 N–H and O–H groups in total. The van der Waals surface area contributed by atoms with Crippen molar-refractivity contribution in [3.8, 4) is 11.8 Å². The molecule has 0 bridgehead atoms. The number of nitrogens with zero attached hydrogens (tertiary/aromatic N) is 2. The van der Waals surface area contributed by atoms with E-state index >= 15 is 0 Å². The van der Waals surface area contributed by atoms with Gasteiger partial charge in [-0.05, 0) is 30.3 Å². The first-order valence-corrected chi connectivity index (χ1v) is 9.42. The van der Waals surface area contributed by atoms with Gasteiger partial charge < -0.3 is 5.11 Å². The van der Waals surface area contributed by atoms with Crippen LogP contribution in [-0.2, 0) is 22.2 Å². The number of aromatic hydroxyl groups is 1. The quantitative estimate of drug-likeness (QED) is 0.669. The van der Waals surface area contributed by atoms with Crippen LogP contribution in [0.4, 0.5) is 32.0 Å². The first-order chi connectivity index (χ1) is 13.7. The largest absolute Gasteiger partial charge is 0.506 e. The Morgan fingerprint density at radius 2 is 1.70 bits per heavy atom. The van der Waals surface area contributed by atoms with Crippen LogP contribution in [0.15, 0.2) is 35.2 Å². The van der Waals surface area contributed by atoms with E-state index in [2.05, 4.69) is 0 Å². The molecular weight excluding hydrogens is 442 g/mol. The molecule has 0 aliphatic carbocycles. The lowest BCUT2D eigenvalue weighted by Crippen LogP contribution is -2.31. The standard InChI is InChI=1S/C17H8F6N2O4S/c18-16(19,20)10-1-2-13-12(5-10)25(7-30(13,28)29)15(27)8-3-9(6-24)14(26)11(4-8)17(21,22)23/h1-5,26H,7H2. The Bertz CT molecular complexity index is 1210. The molecule has 0 aromatic heterocycles. The zero-order valence-electron chi connectivity index (χ0n) is 14.3. The number of amides is 1. The van der Waals surface area contributed by atoms with Crippen LogP contribution in [0.3, 0.4) is 0 Å². The van der Waals surface area contributed by atoms with Crippen LogP contribution >= 0.6 is 0 Å². The van der Waals surface area contributed by atoms with Gasteiger partial charge in [0, 0.05) is 5.56 Å². The summed E-state index contributed by atoms with van der Waals surface area (Å²) in [6, 6.07) is 3.60. The predicted octanol–water partition coefficient (Wildman–Crippen LogP) is 3.69. The number of halogens is 6. The molecule has 0 atom stereocenters. The summed E-state index contributed by atoms with van der Waals surface area (Å²) in [7, 11) is -4.23. The van der Waals surface area contributed by atoms with Gasteiger partial charge in [-0.3, -0.25) is 9.69 Å². The normalized spacial score (nSPS) is 15.6. The van der Waals surface area contributed by atoms with Crippen LogP contribution in [0.25, 0.3) is 0 Å². The second kappa shape index (κ2) is 6.63. The molecule has 0 spiro atoms. The van der Waals surface area contributed by atoms with Crippen molar-refractivity contribution in [1.29, 1.82) is 5.26 Å². The molecule has 0 saturated carbocycles. The Hall–Kier alpha value is -3.27. The van der Waals surface area contributed by atoms with Gasteiger partial charge >= 0.3 is 12.4 Å². The number of phenolic OH excluding ortho intramolecular Hbond substituents is 1. The highest BCUT2D eigenvalue weighted by Gasteiger charge is 2.41. The summed E-state index contributed by atoms with van der Waals surface area (Å²) in [6.07, 6.45) is -10.0. The van der Waals surface area contributed by atoms with Crippen molar-refractivity contribution in [3.63, 3.8) is 0 Å². The first-order valence-electron chi connectivity index (χ1n) is 7.77. The van der Waals surface area contributed by atoms with Crippen LogP contribution in [0, 0.1) is 11.3 Å². The van der Waals surface area contributed by atoms with Crippen molar-refractivity contribution in [3.05, 3.63) is 52.6 Å². The van der Waals surface area contributed by atoms with Gasteiger partial charge in [-0.2, -0.15) is 31.6 Å². The third-order valence-electron chi connectivity index (χ3n) is 4.24. The fourth-order valence-corrected chi connectivity index (χ4v) is 4.36. The second-order valence-electron chi connectivity index (χ2n) is 6.19. The molecule has 0 unspecified atom stereocenters. The molecule has 1 aliphatic heterocycles. The Morgan fingerprint density at radius 1 is 1.07 bits per heavy atom. The fourth-order valence-electron chi connectivity index (χ4n) is 2.86. The van der Waals surface area contributed by atoms with Gasteiger partial charge in [-0.25, -0.2) is 8.42 Å². The van der Waals surface area contributed by atoms with Crippen LogP contribution < -0.4 is 4.90 Å². The zero-order chi connectivity index (χ0) is 22.6. The van der Waals surface area contributed by atoms with E-state index in [9.17, 15) is 44.7 Å². The number of sulfone groups is 1. The molecule has 6 nitrogen and oxygen atoms in total. The lowest BCUT2D eigenvalue weighted by molar-refractivity contribution is -0.139. The number of rotatable bonds is 1. The average Bonchev–Trinajstić information content (AvgIpc) is 2.90. The summed E-state index contributed by atoms with van der Waals surface area (Å²) < 4.78 is 103. The smallest absolute Gasteiger partial charge is 0.420 e. The number of hydrogen-bond donors (Lipinski definition) is 1. The number of alkyl halides is 6. The maximum Gasteiger partial charge on any atom is 0.420 e. The van der Waals surface area contributed by atoms with E-state index in [-0.39, 0.29) is 6.07 Å². The maximum atomic E-state index is 13.1. The van der Waals surface area contributed by atoms with E-state index in [1.807, 2.05) is 0 Å². The van der Waals surface area contributed by atoms with Gasteiger partial charge in [-0.1, -0.05) is 0 Å². The molecule has 2 aromatic rings. The van der Waals surface area contributed by atoms with Crippen LogP contribution in [-0.4, -0.2) is 25.3 Å². The van der Waals surface area contributed by atoms with E-state index < -0.39 is 72.6 Å². The Labute approximate surface area is 164 Å². The van der Waals surface area contributed by atoms with E-state index in [0.29, 0.717) is 29.2 Å². The molecule has 158 valence electrons. The third-order valence-corrected chi connectivity index (χ3v) is 5.85. The predicted molar refractivity (Wildman–Crippen MR) is 88.1 cm³/mol. The molecule has 13 heteroatoms. The summed E-state index contributed by atoms with van der Waals surface area (Å²) in [4.78, 5) is 12.5. The molecule has 0 fully saturated rings. The molecular formula is C17H8F6N2O4S. The van der Waals surface area contributed by atoms with Gasteiger partial charge in [0.2, 0.25) is 0 Å². The molecule has 1 heterocycles. The summed E-state index contributed by atoms with van der Waals surface area (Å²) in [5.41, 5.74) is -5.40. The molecule has 1 aliphatic rings. The van der Waals surface area contributed by atoms with Crippen LogP contribution in [0.1, 0.15) is 27.0 Å². The first kappa shape index (κ1) is 21.4. The van der Waals surface area contributed by atoms with Crippen molar-refractivity contribution >= 4 is 21.4 Å². The molecule has 3 rings (SSSR count). The minimum atomic E-state index is -5.16. The van der Waals surface area contributed by atoms with Crippen LogP contribution in [0.5, 0.6) is 5.75 Å². The van der Waals surface area contributed by atoms with Crippen molar-refractivity contribution in [2.75, 3.05) is 10.8 Å². The second-order valence-corrected chi connectivity index (χ2v) is 8.11. The van der Waals surface area contributed by atoms with Gasteiger partial charge in [0.1, 0.15) is 17.7 Å². The Kier molecular flexibility index (Phi) is 4.74. The SMILES string of the molecule is N#Cc1cc(C(=O)N2CS(=O)(=O)c3ccc(C(F)(F)F)cc32)cc(C(F)(F)F)c1O. The molecule has 30 heavy (non-hydrogen) atoms. The number of hydrogen-bond acceptors (Lipinski definition) is 5. The van der Waals surface area contributed by atoms with Gasteiger partial charge in [0.25, 0.3) is 5.91 Å². The highest BCUT2D eigenvalue weighted by atomic mass is 32.2. The van der Waals surface area contributed by atoms with Crippen molar-refractivity contribution < 1.29 is 44.7 Å². The topological polar surface area (TPSA) is 98.5 Å². The van der Waals surface area contributed by atoms with E-state index in [0.717, 1.165) is 0 Å². The number of carbonyl (C=O) groups excluding carboxylic acids is 1. The maximum absolute atomic E-state index is 13.1. The van der Waals surface area contributed by atoms with Crippen molar-refractivity contribution in [2.24, 2.45) is 0 Å². The minimum Gasteiger partial charge on any atom is -0.506 e. The number of phenols is 1. The summed E-state index contributed by atoms with van der Waals surface area (Å²) in [5, 5.41) is 18.5. The number of nitriles is 1. The Balaban J connectivity index is 2.18. The summed E-state index contributed by atoms with van der Waals surface area (Å²) in [6.45, 7) is 0. The number of benzene rings is 2. The monoisotopic (exact) mass is 450 g/mol. The number of carbonyl (C=O) groups is 1. The third kappa shape index (κ3) is 3.54. The van der Waals surface area contributed by atoms with Crippen molar-refractivity contribution in [1.82, 2.24) is 0 Å². The zero-order valence-corrected chi connectivity index (χ0v) is 15.2. The molecule has 0 saturated heterocycles. The number of fused-ring (bicyclic) bond motifs is 1.